The van der Waals surface area contributed by atoms with Gasteiger partial charge < -0.3 is 20.4 Å². The number of anilines is 1. The molecule has 1 heterocycles. The molecule has 8 nitrogen and oxygen atoms in total. The number of nitrogens with zero attached hydrogens (tertiary/aromatic N) is 1. The lowest BCUT2D eigenvalue weighted by Crippen LogP contribution is -2.25. The maximum Gasteiger partial charge on any atom is 0.330 e. The van der Waals surface area contributed by atoms with Crippen LogP contribution in [0.15, 0.2) is 59.5 Å². The predicted octanol–water partition coefficient (Wildman–Crippen LogP) is 2.88. The predicted molar refractivity (Wildman–Crippen MR) is 119 cm³/mol. The Bertz CT molecular complexity index is 1100. The van der Waals surface area contributed by atoms with E-state index in [-0.39, 0.29) is 17.5 Å². The topological polar surface area (TPSA) is 105 Å². The number of aromatic amines is 1. The van der Waals surface area contributed by atoms with Gasteiger partial charge in [0.15, 0.2) is 0 Å². The monoisotopic (exact) mass is 422 g/mol. The summed E-state index contributed by atoms with van der Waals surface area (Å²) in [4.78, 5) is 39.4. The zero-order valence-electron chi connectivity index (χ0n) is 17.6. The quantitative estimate of drug-likeness (QED) is 0.461. The summed E-state index contributed by atoms with van der Waals surface area (Å²) in [5, 5.41) is 5.64. The highest BCUT2D eigenvalue weighted by Crippen LogP contribution is 2.14. The number of H-pyrrole nitrogens is 1. The van der Waals surface area contributed by atoms with Gasteiger partial charge >= 0.3 is 5.69 Å². The molecule has 0 aliphatic heterocycles. The van der Waals surface area contributed by atoms with Crippen LogP contribution in [0.3, 0.4) is 0 Å². The third-order valence-corrected chi connectivity index (χ3v) is 4.69. The average molecular weight is 422 g/mol. The normalized spacial score (nSPS) is 10.6. The molecule has 0 unspecified atom stereocenters. The van der Waals surface area contributed by atoms with Crippen LogP contribution in [-0.4, -0.2) is 41.1 Å². The van der Waals surface area contributed by atoms with Crippen LogP contribution in [0, 0.1) is 6.92 Å². The fourth-order valence-corrected chi connectivity index (χ4v) is 3.10. The van der Waals surface area contributed by atoms with E-state index in [4.69, 9.17) is 4.74 Å². The number of rotatable bonds is 9. The Morgan fingerprint density at radius 2 is 1.84 bits per heavy atom. The summed E-state index contributed by atoms with van der Waals surface area (Å²) >= 11 is 0. The van der Waals surface area contributed by atoms with Crippen LogP contribution < -0.4 is 16.3 Å². The van der Waals surface area contributed by atoms with Gasteiger partial charge in [0.1, 0.15) is 0 Å². The van der Waals surface area contributed by atoms with E-state index in [2.05, 4.69) is 15.6 Å². The molecule has 0 atom stereocenters. The van der Waals surface area contributed by atoms with Crippen molar-refractivity contribution in [2.24, 2.45) is 0 Å². The highest BCUT2D eigenvalue weighted by Gasteiger charge is 2.11. The summed E-state index contributed by atoms with van der Waals surface area (Å²) in [6, 6.07) is 13.5. The molecule has 162 valence electrons. The van der Waals surface area contributed by atoms with Crippen molar-refractivity contribution in [2.75, 3.05) is 25.1 Å². The largest absolute Gasteiger partial charge is 0.382 e. The maximum absolute atomic E-state index is 12.6. The second kappa shape index (κ2) is 10.4. The fourth-order valence-electron chi connectivity index (χ4n) is 3.10. The second-order valence-corrected chi connectivity index (χ2v) is 6.96. The molecule has 8 heteroatoms. The van der Waals surface area contributed by atoms with E-state index in [0.29, 0.717) is 42.3 Å². The van der Waals surface area contributed by atoms with Crippen LogP contribution >= 0.6 is 0 Å². The van der Waals surface area contributed by atoms with E-state index in [0.717, 1.165) is 12.1 Å². The summed E-state index contributed by atoms with van der Waals surface area (Å²) in [5.74, 6) is -0.511. The van der Waals surface area contributed by atoms with E-state index < -0.39 is 0 Å². The van der Waals surface area contributed by atoms with Gasteiger partial charge in [-0.1, -0.05) is 6.07 Å². The molecular formula is C23H26N4O4. The Hall–Kier alpha value is -3.65. The first-order valence-corrected chi connectivity index (χ1v) is 10.1. The molecule has 0 aliphatic carbocycles. The minimum Gasteiger partial charge on any atom is -0.382 e. The van der Waals surface area contributed by atoms with Crippen LogP contribution in [0.4, 0.5) is 5.69 Å². The standard InChI is InChI=1S/C23H26N4O4/c1-3-31-13-5-12-24-21(28)18-6-4-7-19(14-18)26-22(29)17-8-10-20(11-9-17)27-16(2)15-25-23(27)30/h4,6-11,14-15H,3,5,12-13H2,1-2H3,(H,24,28)(H,25,30)(H,26,29). The Labute approximate surface area is 180 Å². The molecular weight excluding hydrogens is 396 g/mol. The van der Waals surface area contributed by atoms with Crippen molar-refractivity contribution in [1.82, 2.24) is 14.9 Å². The van der Waals surface area contributed by atoms with Gasteiger partial charge in [0.2, 0.25) is 0 Å². The van der Waals surface area contributed by atoms with E-state index in [1.807, 2.05) is 13.8 Å². The number of nitrogens with one attached hydrogen (secondary N) is 3. The zero-order chi connectivity index (χ0) is 22.2. The number of hydrogen-bond donors (Lipinski definition) is 3. The van der Waals surface area contributed by atoms with Crippen LogP contribution in [0.25, 0.3) is 5.69 Å². The van der Waals surface area contributed by atoms with Crippen LogP contribution in [0.2, 0.25) is 0 Å². The van der Waals surface area contributed by atoms with Crippen molar-refractivity contribution >= 4 is 17.5 Å². The van der Waals surface area contributed by atoms with Gasteiger partial charge in [-0.05, 0) is 62.7 Å². The minimum atomic E-state index is -0.307. The van der Waals surface area contributed by atoms with Gasteiger partial charge in [0.05, 0.1) is 5.69 Å². The van der Waals surface area contributed by atoms with Crippen LogP contribution in [-0.2, 0) is 4.74 Å². The minimum absolute atomic E-state index is 0.204. The number of aryl methyl sites for hydroxylation is 1. The van der Waals surface area contributed by atoms with Gasteiger partial charge in [-0.15, -0.1) is 0 Å². The molecule has 3 rings (SSSR count). The Morgan fingerprint density at radius 1 is 1.06 bits per heavy atom. The van der Waals surface area contributed by atoms with E-state index in [9.17, 15) is 14.4 Å². The van der Waals surface area contributed by atoms with E-state index in [1.54, 1.807) is 54.7 Å². The molecule has 1 aromatic heterocycles. The third-order valence-electron chi connectivity index (χ3n) is 4.69. The third kappa shape index (κ3) is 5.70. The lowest BCUT2D eigenvalue weighted by Gasteiger charge is -2.09. The Kier molecular flexibility index (Phi) is 7.40. The summed E-state index contributed by atoms with van der Waals surface area (Å²) in [5.41, 5.74) is 2.64. The first-order chi connectivity index (χ1) is 15.0. The second-order valence-electron chi connectivity index (χ2n) is 6.96. The number of amides is 2. The number of hydrogen-bond acceptors (Lipinski definition) is 4. The molecule has 2 amide bonds. The molecule has 0 radical (unpaired) electrons. The number of imidazole rings is 1. The van der Waals surface area contributed by atoms with Crippen molar-refractivity contribution in [1.29, 1.82) is 0 Å². The van der Waals surface area contributed by atoms with E-state index >= 15 is 0 Å². The van der Waals surface area contributed by atoms with Gasteiger partial charge in [-0.25, -0.2) is 4.79 Å². The van der Waals surface area contributed by atoms with Crippen molar-refractivity contribution in [3.63, 3.8) is 0 Å². The molecule has 0 saturated heterocycles. The molecule has 0 saturated carbocycles. The smallest absolute Gasteiger partial charge is 0.330 e. The fraction of sp³-hybridized carbons (Fsp3) is 0.261. The van der Waals surface area contributed by atoms with Crippen LogP contribution in [0.1, 0.15) is 39.8 Å². The number of benzene rings is 2. The van der Waals surface area contributed by atoms with Gasteiger partial charge in [0.25, 0.3) is 11.8 Å². The Morgan fingerprint density at radius 3 is 2.52 bits per heavy atom. The summed E-state index contributed by atoms with van der Waals surface area (Å²) in [6.45, 7) is 5.52. The Balaban J connectivity index is 1.62. The molecule has 3 N–H and O–H groups in total. The molecule has 0 aliphatic rings. The lowest BCUT2D eigenvalue weighted by atomic mass is 10.1. The molecule has 0 fully saturated rings. The van der Waals surface area contributed by atoms with Crippen molar-refractivity contribution in [3.8, 4) is 5.69 Å². The van der Waals surface area contributed by atoms with Crippen molar-refractivity contribution < 1.29 is 14.3 Å². The van der Waals surface area contributed by atoms with E-state index in [1.165, 1.54) is 4.57 Å². The summed E-state index contributed by atoms with van der Waals surface area (Å²) in [6.07, 6.45) is 2.37. The van der Waals surface area contributed by atoms with Gasteiger partial charge in [0, 0.05) is 48.5 Å². The summed E-state index contributed by atoms with van der Waals surface area (Å²) < 4.78 is 6.77. The molecule has 0 spiro atoms. The number of aromatic nitrogens is 2. The first-order valence-electron chi connectivity index (χ1n) is 10.1. The highest BCUT2D eigenvalue weighted by atomic mass is 16.5. The number of carbonyl (C=O) groups excluding carboxylic acids is 2. The van der Waals surface area contributed by atoms with Crippen molar-refractivity contribution in [3.05, 3.63) is 82.0 Å². The average Bonchev–Trinajstić information content (AvgIpc) is 3.11. The lowest BCUT2D eigenvalue weighted by molar-refractivity contribution is 0.0943. The summed E-state index contributed by atoms with van der Waals surface area (Å²) in [7, 11) is 0. The van der Waals surface area contributed by atoms with Gasteiger partial charge in [-0.3, -0.25) is 14.2 Å². The highest BCUT2D eigenvalue weighted by molar-refractivity contribution is 6.05. The number of ether oxygens (including phenoxy) is 1. The molecule has 3 aromatic rings. The van der Waals surface area contributed by atoms with Crippen LogP contribution in [0.5, 0.6) is 0 Å². The van der Waals surface area contributed by atoms with Crippen molar-refractivity contribution in [2.45, 2.75) is 20.3 Å². The van der Waals surface area contributed by atoms with Gasteiger partial charge in [-0.2, -0.15) is 0 Å². The first kappa shape index (κ1) is 22.0. The molecule has 2 aromatic carbocycles. The molecule has 0 bridgehead atoms. The SMILES string of the molecule is CCOCCCNC(=O)c1cccc(NC(=O)c2ccc(-n3c(C)c[nH]c3=O)cc2)c1. The molecule has 31 heavy (non-hydrogen) atoms. The maximum atomic E-state index is 12.6. The zero-order valence-corrected chi connectivity index (χ0v) is 17.6. The number of carbonyl (C=O) groups is 2.